The minimum absolute atomic E-state index is 0.872. The summed E-state index contributed by atoms with van der Waals surface area (Å²) in [6.07, 6.45) is 3.79. The lowest BCUT2D eigenvalue weighted by Gasteiger charge is -2.03. The third-order valence-corrected chi connectivity index (χ3v) is 2.65. The van der Waals surface area contributed by atoms with Crippen LogP contribution < -0.4 is 11.1 Å². The molecule has 68 valence electrons. The molecule has 1 aromatic heterocycles. The van der Waals surface area contributed by atoms with Crippen molar-refractivity contribution >= 4 is 22.0 Å². The molecular weight excluding hydrogens is 168 g/mol. The van der Waals surface area contributed by atoms with Crippen LogP contribution in [0.25, 0.3) is 0 Å². The van der Waals surface area contributed by atoms with Crippen molar-refractivity contribution in [3.8, 4) is 0 Å². The van der Waals surface area contributed by atoms with E-state index in [4.69, 9.17) is 5.73 Å². The number of anilines is 2. The second kappa shape index (κ2) is 5.04. The third-order valence-electron chi connectivity index (χ3n) is 1.76. The number of hydrogen-bond acceptors (Lipinski definition) is 3. The second-order valence-electron chi connectivity index (χ2n) is 2.84. The van der Waals surface area contributed by atoms with Crippen LogP contribution in [-0.2, 0) is 0 Å². The molecule has 3 N–H and O–H groups in total. The van der Waals surface area contributed by atoms with Gasteiger partial charge < -0.3 is 11.1 Å². The van der Waals surface area contributed by atoms with Crippen LogP contribution in [0.1, 0.15) is 26.2 Å². The Morgan fingerprint density at radius 3 is 2.92 bits per heavy atom. The van der Waals surface area contributed by atoms with Gasteiger partial charge in [-0.25, -0.2) is 0 Å². The average Bonchev–Trinajstić information content (AvgIpc) is 2.46. The standard InChI is InChI=1S/C9H16N2S/c1-2-3-4-6-11-9-8(10)5-7-12-9/h5,7,11H,2-4,6,10H2,1H3. The van der Waals surface area contributed by atoms with Gasteiger partial charge in [-0.2, -0.15) is 0 Å². The average molecular weight is 184 g/mol. The summed E-state index contributed by atoms with van der Waals surface area (Å²) in [7, 11) is 0. The van der Waals surface area contributed by atoms with E-state index in [0.717, 1.165) is 17.2 Å². The van der Waals surface area contributed by atoms with Crippen LogP contribution >= 0.6 is 11.3 Å². The molecule has 0 aromatic carbocycles. The highest BCUT2D eigenvalue weighted by molar-refractivity contribution is 7.14. The Bertz CT molecular complexity index is 220. The Morgan fingerprint density at radius 1 is 1.50 bits per heavy atom. The van der Waals surface area contributed by atoms with Crippen molar-refractivity contribution in [2.45, 2.75) is 26.2 Å². The van der Waals surface area contributed by atoms with E-state index in [9.17, 15) is 0 Å². The van der Waals surface area contributed by atoms with Crippen LogP contribution in [0.4, 0.5) is 10.7 Å². The normalized spacial score (nSPS) is 10.1. The first-order valence-electron chi connectivity index (χ1n) is 4.41. The molecule has 1 rings (SSSR count). The first kappa shape index (κ1) is 9.39. The van der Waals surface area contributed by atoms with Crippen LogP contribution in [0.2, 0.25) is 0 Å². The van der Waals surface area contributed by atoms with E-state index in [1.807, 2.05) is 11.4 Å². The van der Waals surface area contributed by atoms with Gasteiger partial charge >= 0.3 is 0 Å². The summed E-state index contributed by atoms with van der Waals surface area (Å²) in [5, 5.41) is 6.45. The number of nitrogen functional groups attached to an aromatic ring is 1. The molecule has 12 heavy (non-hydrogen) atoms. The number of nitrogens with two attached hydrogens (primary N) is 1. The van der Waals surface area contributed by atoms with Crippen molar-refractivity contribution in [2.24, 2.45) is 0 Å². The Kier molecular flexibility index (Phi) is 3.94. The van der Waals surface area contributed by atoms with Gasteiger partial charge in [0.2, 0.25) is 0 Å². The SMILES string of the molecule is CCCCCNc1sccc1N. The minimum atomic E-state index is 0.872. The van der Waals surface area contributed by atoms with E-state index < -0.39 is 0 Å². The molecule has 0 saturated heterocycles. The van der Waals surface area contributed by atoms with Crippen molar-refractivity contribution in [1.29, 1.82) is 0 Å². The van der Waals surface area contributed by atoms with E-state index in [1.54, 1.807) is 11.3 Å². The molecule has 2 nitrogen and oxygen atoms in total. The lowest BCUT2D eigenvalue weighted by Crippen LogP contribution is -2.01. The quantitative estimate of drug-likeness (QED) is 0.690. The fourth-order valence-electron chi connectivity index (χ4n) is 1.04. The molecule has 1 aromatic rings. The van der Waals surface area contributed by atoms with Crippen LogP contribution in [0.15, 0.2) is 11.4 Å². The Labute approximate surface area is 77.8 Å². The molecule has 0 saturated carbocycles. The van der Waals surface area contributed by atoms with Crippen molar-refractivity contribution < 1.29 is 0 Å². The fourth-order valence-corrected chi connectivity index (χ4v) is 1.78. The Morgan fingerprint density at radius 2 is 2.33 bits per heavy atom. The molecule has 0 aliphatic heterocycles. The summed E-state index contributed by atoms with van der Waals surface area (Å²) >= 11 is 1.67. The first-order valence-corrected chi connectivity index (χ1v) is 5.29. The fraction of sp³-hybridized carbons (Fsp3) is 0.556. The third kappa shape index (κ3) is 2.74. The highest BCUT2D eigenvalue weighted by atomic mass is 32.1. The van der Waals surface area contributed by atoms with Gasteiger partial charge in [0, 0.05) is 6.54 Å². The smallest absolute Gasteiger partial charge is 0.112 e. The summed E-state index contributed by atoms with van der Waals surface area (Å²) in [6, 6.07) is 1.94. The summed E-state index contributed by atoms with van der Waals surface area (Å²) in [4.78, 5) is 0. The number of thiophene rings is 1. The van der Waals surface area contributed by atoms with Crippen molar-refractivity contribution in [1.82, 2.24) is 0 Å². The zero-order valence-corrected chi connectivity index (χ0v) is 8.29. The van der Waals surface area contributed by atoms with Gasteiger partial charge in [-0.15, -0.1) is 11.3 Å². The largest absolute Gasteiger partial charge is 0.396 e. The molecule has 0 amide bonds. The van der Waals surface area contributed by atoms with E-state index in [0.29, 0.717) is 0 Å². The monoisotopic (exact) mass is 184 g/mol. The molecule has 3 heteroatoms. The van der Waals surface area contributed by atoms with Crippen LogP contribution in [-0.4, -0.2) is 6.54 Å². The van der Waals surface area contributed by atoms with E-state index in [-0.39, 0.29) is 0 Å². The van der Waals surface area contributed by atoms with Gasteiger partial charge in [0.05, 0.1) is 5.69 Å². The predicted octanol–water partition coefficient (Wildman–Crippen LogP) is 2.93. The lowest BCUT2D eigenvalue weighted by atomic mass is 10.2. The maximum atomic E-state index is 5.70. The number of hydrogen-bond donors (Lipinski definition) is 2. The molecule has 0 fully saturated rings. The van der Waals surface area contributed by atoms with Crippen LogP contribution in [0.3, 0.4) is 0 Å². The molecule has 0 bridgehead atoms. The Balaban J connectivity index is 2.20. The molecule has 1 heterocycles. The lowest BCUT2D eigenvalue weighted by molar-refractivity contribution is 0.744. The van der Waals surface area contributed by atoms with Gasteiger partial charge in [-0.3, -0.25) is 0 Å². The number of unbranched alkanes of at least 4 members (excludes halogenated alkanes) is 2. The van der Waals surface area contributed by atoms with Crippen molar-refractivity contribution in [2.75, 3.05) is 17.6 Å². The zero-order chi connectivity index (χ0) is 8.81. The summed E-state index contributed by atoms with van der Waals surface area (Å²) < 4.78 is 0. The van der Waals surface area contributed by atoms with Crippen molar-refractivity contribution in [3.63, 3.8) is 0 Å². The molecule has 0 radical (unpaired) electrons. The second-order valence-corrected chi connectivity index (χ2v) is 3.76. The number of nitrogens with one attached hydrogen (secondary N) is 1. The maximum Gasteiger partial charge on any atom is 0.112 e. The number of rotatable bonds is 5. The van der Waals surface area contributed by atoms with Crippen molar-refractivity contribution in [3.05, 3.63) is 11.4 Å². The molecular formula is C9H16N2S. The summed E-state index contributed by atoms with van der Waals surface area (Å²) in [5.41, 5.74) is 6.57. The summed E-state index contributed by atoms with van der Waals surface area (Å²) in [6.45, 7) is 3.25. The van der Waals surface area contributed by atoms with E-state index in [2.05, 4.69) is 12.2 Å². The maximum absolute atomic E-state index is 5.70. The van der Waals surface area contributed by atoms with Crippen LogP contribution in [0.5, 0.6) is 0 Å². The van der Waals surface area contributed by atoms with Gasteiger partial charge in [0.1, 0.15) is 5.00 Å². The van der Waals surface area contributed by atoms with Gasteiger partial charge in [-0.1, -0.05) is 19.8 Å². The molecule has 0 atom stereocenters. The Hall–Kier alpha value is -0.700. The molecule has 0 unspecified atom stereocenters. The van der Waals surface area contributed by atoms with Gasteiger partial charge in [-0.05, 0) is 17.9 Å². The summed E-state index contributed by atoms with van der Waals surface area (Å²) in [5.74, 6) is 0. The molecule has 0 spiro atoms. The van der Waals surface area contributed by atoms with E-state index in [1.165, 1.54) is 19.3 Å². The zero-order valence-electron chi connectivity index (χ0n) is 7.47. The topological polar surface area (TPSA) is 38.0 Å². The molecule has 0 aliphatic carbocycles. The van der Waals surface area contributed by atoms with Gasteiger partial charge in [0.25, 0.3) is 0 Å². The first-order chi connectivity index (χ1) is 5.84. The molecule has 0 aliphatic rings. The van der Waals surface area contributed by atoms with E-state index >= 15 is 0 Å². The highest BCUT2D eigenvalue weighted by Gasteiger charge is 1.97. The highest BCUT2D eigenvalue weighted by Crippen LogP contribution is 2.24. The van der Waals surface area contributed by atoms with Gasteiger partial charge in [0.15, 0.2) is 0 Å². The van der Waals surface area contributed by atoms with Crippen LogP contribution in [0, 0.1) is 0 Å². The minimum Gasteiger partial charge on any atom is -0.396 e. The predicted molar refractivity (Wildman–Crippen MR) is 56.7 cm³/mol.